The Hall–Kier alpha value is -1.24. The van der Waals surface area contributed by atoms with E-state index < -0.39 is 0 Å². The number of aromatic nitrogens is 2. The number of rotatable bonds is 3. The van der Waals surface area contributed by atoms with Gasteiger partial charge in [-0.2, -0.15) is 4.98 Å². The van der Waals surface area contributed by atoms with Crippen LogP contribution in [-0.2, 0) is 11.2 Å². The first-order chi connectivity index (χ1) is 8.86. The van der Waals surface area contributed by atoms with Crippen molar-refractivity contribution in [3.05, 3.63) is 22.8 Å². The molecule has 1 atom stereocenters. The summed E-state index contributed by atoms with van der Waals surface area (Å²) in [6.45, 7) is 4.44. The van der Waals surface area contributed by atoms with Crippen LogP contribution < -0.4 is 5.32 Å². The van der Waals surface area contributed by atoms with E-state index in [1.54, 1.807) is 11.3 Å². The van der Waals surface area contributed by atoms with Gasteiger partial charge in [0.1, 0.15) is 6.10 Å². The smallest absolute Gasteiger partial charge is 0.268 e. The fraction of sp³-hybridized carbons (Fsp3) is 0.500. The molecule has 1 fully saturated rings. The summed E-state index contributed by atoms with van der Waals surface area (Å²) >= 11 is 1.69. The highest BCUT2D eigenvalue weighted by Crippen LogP contribution is 2.28. The number of morpholine rings is 1. The third kappa shape index (κ3) is 2.31. The van der Waals surface area contributed by atoms with Gasteiger partial charge in [-0.15, -0.1) is 11.3 Å². The maximum Gasteiger partial charge on any atom is 0.268 e. The van der Waals surface area contributed by atoms with E-state index in [0.29, 0.717) is 18.3 Å². The van der Waals surface area contributed by atoms with Crippen molar-refractivity contribution in [2.45, 2.75) is 19.4 Å². The molecule has 0 saturated carbocycles. The molecule has 2 aromatic rings. The van der Waals surface area contributed by atoms with Gasteiger partial charge in [-0.05, 0) is 18.6 Å². The lowest BCUT2D eigenvalue weighted by Gasteiger charge is -2.20. The van der Waals surface area contributed by atoms with Gasteiger partial charge >= 0.3 is 0 Å². The van der Waals surface area contributed by atoms with Gasteiger partial charge in [-0.1, -0.05) is 12.1 Å². The lowest BCUT2D eigenvalue weighted by Crippen LogP contribution is -2.33. The maximum absolute atomic E-state index is 5.60. The zero-order valence-corrected chi connectivity index (χ0v) is 11.0. The predicted molar refractivity (Wildman–Crippen MR) is 68.6 cm³/mol. The summed E-state index contributed by atoms with van der Waals surface area (Å²) in [4.78, 5) is 6.76. The van der Waals surface area contributed by atoms with Crippen molar-refractivity contribution in [1.82, 2.24) is 15.5 Å². The minimum atomic E-state index is -0.0955. The molecule has 0 radical (unpaired) electrons. The Morgan fingerprint density at radius 1 is 1.50 bits per heavy atom. The number of thiophene rings is 1. The molecule has 0 spiro atoms. The average molecular weight is 265 g/mol. The molecule has 96 valence electrons. The molecule has 5 nitrogen and oxygen atoms in total. The summed E-state index contributed by atoms with van der Waals surface area (Å²) in [5, 5.41) is 7.26. The van der Waals surface area contributed by atoms with E-state index >= 15 is 0 Å². The molecule has 1 unspecified atom stereocenters. The molecule has 0 amide bonds. The molecule has 0 aliphatic carbocycles. The number of aryl methyl sites for hydroxylation is 1. The summed E-state index contributed by atoms with van der Waals surface area (Å²) in [6, 6.07) is 4.13. The molecule has 0 bridgehead atoms. The van der Waals surface area contributed by atoms with E-state index in [0.717, 1.165) is 24.4 Å². The summed E-state index contributed by atoms with van der Waals surface area (Å²) in [5.74, 6) is 1.22. The fourth-order valence-electron chi connectivity index (χ4n) is 1.88. The van der Waals surface area contributed by atoms with Crippen LogP contribution in [-0.4, -0.2) is 29.8 Å². The summed E-state index contributed by atoms with van der Waals surface area (Å²) in [7, 11) is 0. The first-order valence-electron chi connectivity index (χ1n) is 6.12. The minimum absolute atomic E-state index is 0.0955. The van der Waals surface area contributed by atoms with Crippen molar-refractivity contribution >= 4 is 11.3 Å². The van der Waals surface area contributed by atoms with Crippen LogP contribution in [0.5, 0.6) is 0 Å². The Labute approximate surface area is 109 Å². The van der Waals surface area contributed by atoms with Crippen LogP contribution in [0.3, 0.4) is 0 Å². The van der Waals surface area contributed by atoms with E-state index in [2.05, 4.69) is 28.4 Å². The normalized spacial score (nSPS) is 20.2. The molecule has 3 rings (SSSR count). The SMILES string of the molecule is CCc1ccc(-c2nc(C3CNCCO3)no2)s1. The van der Waals surface area contributed by atoms with Crippen LogP contribution in [0.4, 0.5) is 0 Å². The fourth-order valence-corrected chi connectivity index (χ4v) is 2.75. The first kappa shape index (κ1) is 11.8. The zero-order chi connectivity index (χ0) is 12.4. The molecule has 1 N–H and O–H groups in total. The second-order valence-corrected chi connectivity index (χ2v) is 5.31. The largest absolute Gasteiger partial charge is 0.367 e. The number of hydrogen-bond donors (Lipinski definition) is 1. The lowest BCUT2D eigenvalue weighted by atomic mass is 10.3. The van der Waals surface area contributed by atoms with E-state index in [1.807, 2.05) is 6.07 Å². The molecule has 1 saturated heterocycles. The van der Waals surface area contributed by atoms with Crippen LogP contribution in [0.2, 0.25) is 0 Å². The Balaban J connectivity index is 1.79. The summed E-state index contributed by atoms with van der Waals surface area (Å²) in [5.41, 5.74) is 0. The van der Waals surface area contributed by atoms with Gasteiger partial charge < -0.3 is 14.6 Å². The van der Waals surface area contributed by atoms with E-state index in [1.165, 1.54) is 4.88 Å². The quantitative estimate of drug-likeness (QED) is 0.920. The highest BCUT2D eigenvalue weighted by Gasteiger charge is 2.22. The van der Waals surface area contributed by atoms with Crippen LogP contribution >= 0.6 is 11.3 Å². The van der Waals surface area contributed by atoms with E-state index in [-0.39, 0.29) is 6.10 Å². The third-order valence-corrected chi connectivity index (χ3v) is 4.10. The molecule has 0 aromatic carbocycles. The number of nitrogens with zero attached hydrogens (tertiary/aromatic N) is 2. The highest BCUT2D eigenvalue weighted by atomic mass is 32.1. The van der Waals surface area contributed by atoms with Gasteiger partial charge in [0.15, 0.2) is 0 Å². The number of nitrogens with one attached hydrogen (secondary N) is 1. The number of ether oxygens (including phenoxy) is 1. The topological polar surface area (TPSA) is 60.2 Å². The Kier molecular flexibility index (Phi) is 3.40. The van der Waals surface area contributed by atoms with Gasteiger partial charge in [0, 0.05) is 18.0 Å². The van der Waals surface area contributed by atoms with Crippen molar-refractivity contribution < 1.29 is 9.26 Å². The van der Waals surface area contributed by atoms with Crippen LogP contribution in [0.15, 0.2) is 16.7 Å². The van der Waals surface area contributed by atoms with Crippen LogP contribution in [0, 0.1) is 0 Å². The summed E-state index contributed by atoms with van der Waals surface area (Å²) < 4.78 is 10.9. The Bertz CT molecular complexity index is 517. The van der Waals surface area contributed by atoms with Gasteiger partial charge in [0.2, 0.25) is 5.82 Å². The lowest BCUT2D eigenvalue weighted by molar-refractivity contribution is 0.0208. The summed E-state index contributed by atoms with van der Waals surface area (Å²) in [6.07, 6.45) is 0.934. The number of hydrogen-bond acceptors (Lipinski definition) is 6. The van der Waals surface area contributed by atoms with Gasteiger partial charge in [-0.3, -0.25) is 0 Å². The molecule has 2 aromatic heterocycles. The first-order valence-corrected chi connectivity index (χ1v) is 6.93. The molecular formula is C12H15N3O2S. The van der Waals surface area contributed by atoms with Crippen LogP contribution in [0.25, 0.3) is 10.8 Å². The van der Waals surface area contributed by atoms with E-state index in [4.69, 9.17) is 9.26 Å². The van der Waals surface area contributed by atoms with Crippen molar-refractivity contribution in [3.63, 3.8) is 0 Å². The molecular weight excluding hydrogens is 250 g/mol. The molecule has 1 aliphatic rings. The monoisotopic (exact) mass is 265 g/mol. The zero-order valence-electron chi connectivity index (χ0n) is 10.2. The Morgan fingerprint density at radius 2 is 2.44 bits per heavy atom. The van der Waals surface area contributed by atoms with Gasteiger partial charge in [0.05, 0.1) is 11.5 Å². The Morgan fingerprint density at radius 3 is 3.17 bits per heavy atom. The van der Waals surface area contributed by atoms with Crippen molar-refractivity contribution in [1.29, 1.82) is 0 Å². The molecule has 3 heterocycles. The highest BCUT2D eigenvalue weighted by molar-refractivity contribution is 7.15. The van der Waals surface area contributed by atoms with Crippen molar-refractivity contribution in [2.75, 3.05) is 19.7 Å². The maximum atomic E-state index is 5.60. The van der Waals surface area contributed by atoms with Gasteiger partial charge in [0.25, 0.3) is 5.89 Å². The van der Waals surface area contributed by atoms with Crippen LogP contribution in [0.1, 0.15) is 23.7 Å². The molecule has 18 heavy (non-hydrogen) atoms. The predicted octanol–water partition coefficient (Wildman–Crippen LogP) is 2.02. The molecule has 6 heteroatoms. The standard InChI is InChI=1S/C12H15N3O2S/c1-2-8-3-4-10(18-8)12-14-11(15-17-12)9-7-13-5-6-16-9/h3-4,9,13H,2,5-7H2,1H3. The molecule has 1 aliphatic heterocycles. The van der Waals surface area contributed by atoms with Crippen molar-refractivity contribution in [3.8, 4) is 10.8 Å². The third-order valence-electron chi connectivity index (χ3n) is 2.88. The van der Waals surface area contributed by atoms with Crippen molar-refractivity contribution in [2.24, 2.45) is 0 Å². The van der Waals surface area contributed by atoms with E-state index in [9.17, 15) is 0 Å². The second-order valence-electron chi connectivity index (χ2n) is 4.14. The minimum Gasteiger partial charge on any atom is -0.367 e. The van der Waals surface area contributed by atoms with Gasteiger partial charge in [-0.25, -0.2) is 0 Å². The average Bonchev–Trinajstić information content (AvgIpc) is 3.08. The second kappa shape index (κ2) is 5.17.